The van der Waals surface area contributed by atoms with Crippen molar-refractivity contribution in [1.29, 1.82) is 0 Å². The van der Waals surface area contributed by atoms with Crippen LogP contribution in [0.5, 0.6) is 5.75 Å². The Hall–Kier alpha value is -3.44. The molecule has 0 amide bonds. The number of aliphatic carboxylic acids is 1. The Labute approximate surface area is 216 Å². The molecular weight excluding hydrogens is 476 g/mol. The van der Waals surface area contributed by atoms with Crippen molar-refractivity contribution >= 4 is 17.0 Å². The molecule has 1 aliphatic rings. The highest BCUT2D eigenvalue weighted by Crippen LogP contribution is 2.32. The fourth-order valence-electron chi connectivity index (χ4n) is 4.77. The zero-order valence-electron chi connectivity index (χ0n) is 21.4. The first kappa shape index (κ1) is 26.6. The molecule has 0 spiro atoms. The minimum atomic E-state index is -2.61. The summed E-state index contributed by atoms with van der Waals surface area (Å²) < 4.78 is 33.6. The lowest BCUT2D eigenvalue weighted by atomic mass is 9.96. The van der Waals surface area contributed by atoms with E-state index in [9.17, 15) is 18.7 Å². The topological polar surface area (TPSA) is 78.5 Å². The molecule has 0 aliphatic carbocycles. The molecule has 1 aromatic carbocycles. The second kappa shape index (κ2) is 11.3. The number of nitrogens with one attached hydrogen (secondary N) is 1. The van der Waals surface area contributed by atoms with Crippen molar-refractivity contribution in [3.8, 4) is 17.6 Å². The molecule has 1 saturated heterocycles. The third-order valence-electron chi connectivity index (χ3n) is 6.56. The van der Waals surface area contributed by atoms with Crippen molar-refractivity contribution in [2.24, 2.45) is 5.92 Å². The maximum atomic E-state index is 13.6. The molecule has 8 heteroatoms. The number of aromatic amines is 1. The number of hydrogen-bond acceptors (Lipinski definition) is 4. The Morgan fingerprint density at radius 3 is 2.62 bits per heavy atom. The summed E-state index contributed by atoms with van der Waals surface area (Å²) in [5.41, 5.74) is 3.28. The van der Waals surface area contributed by atoms with Gasteiger partial charge in [-0.3, -0.25) is 9.69 Å². The van der Waals surface area contributed by atoms with Crippen LogP contribution < -0.4 is 4.74 Å². The number of carbonyl (C=O) groups is 1. The number of hydrogen-bond donors (Lipinski definition) is 2. The van der Waals surface area contributed by atoms with Crippen LogP contribution in [0.15, 0.2) is 42.6 Å². The van der Waals surface area contributed by atoms with Gasteiger partial charge < -0.3 is 14.8 Å². The van der Waals surface area contributed by atoms with Crippen LogP contribution in [0.25, 0.3) is 11.0 Å². The van der Waals surface area contributed by atoms with E-state index in [4.69, 9.17) is 9.72 Å². The van der Waals surface area contributed by atoms with Crippen LogP contribution in [-0.4, -0.2) is 45.0 Å². The number of carboxylic acid groups (broad SMARTS) is 1. The van der Waals surface area contributed by atoms with Crippen LogP contribution in [0.3, 0.4) is 0 Å². The van der Waals surface area contributed by atoms with Crippen LogP contribution in [0, 0.1) is 17.8 Å². The molecule has 2 aromatic heterocycles. The summed E-state index contributed by atoms with van der Waals surface area (Å²) in [5.74, 6) is 2.92. The van der Waals surface area contributed by atoms with Gasteiger partial charge in [0.2, 0.25) is 0 Å². The number of nitrogens with zero attached hydrogens (tertiary/aromatic N) is 2. The van der Waals surface area contributed by atoms with Gasteiger partial charge in [-0.25, -0.2) is 13.8 Å². The van der Waals surface area contributed by atoms with E-state index in [1.165, 1.54) is 0 Å². The van der Waals surface area contributed by atoms with Gasteiger partial charge in [-0.2, -0.15) is 0 Å². The summed E-state index contributed by atoms with van der Waals surface area (Å²) >= 11 is 0. The maximum Gasteiger partial charge on any atom is 0.304 e. The average molecular weight is 510 g/mol. The van der Waals surface area contributed by atoms with Crippen molar-refractivity contribution < 1.29 is 23.4 Å². The fourth-order valence-corrected chi connectivity index (χ4v) is 4.77. The third kappa shape index (κ3) is 6.86. The molecule has 1 aliphatic heterocycles. The van der Waals surface area contributed by atoms with Crippen LogP contribution >= 0.6 is 0 Å². The first-order valence-corrected chi connectivity index (χ1v) is 12.6. The first-order chi connectivity index (χ1) is 17.6. The number of halogens is 2. The lowest BCUT2D eigenvalue weighted by molar-refractivity contribution is -0.137. The van der Waals surface area contributed by atoms with Gasteiger partial charge in [0, 0.05) is 31.1 Å². The lowest BCUT2D eigenvalue weighted by Crippen LogP contribution is -2.24. The van der Waals surface area contributed by atoms with Crippen molar-refractivity contribution in [3.63, 3.8) is 0 Å². The minimum Gasteiger partial charge on any atom is -0.484 e. The van der Waals surface area contributed by atoms with Crippen molar-refractivity contribution in [2.75, 3.05) is 13.1 Å². The molecule has 3 heterocycles. The van der Waals surface area contributed by atoms with Gasteiger partial charge >= 0.3 is 5.97 Å². The molecule has 3 aromatic rings. The highest BCUT2D eigenvalue weighted by Gasteiger charge is 2.38. The second-order valence-corrected chi connectivity index (χ2v) is 10.1. The summed E-state index contributed by atoms with van der Waals surface area (Å²) in [5, 5.41) is 10.1. The number of ether oxygens (including phenoxy) is 1. The van der Waals surface area contributed by atoms with Gasteiger partial charge in [-0.1, -0.05) is 31.9 Å². The Balaban J connectivity index is 1.51. The van der Waals surface area contributed by atoms with Gasteiger partial charge in [0.05, 0.1) is 24.6 Å². The van der Waals surface area contributed by atoms with E-state index in [0.29, 0.717) is 30.4 Å². The molecule has 196 valence electrons. The Morgan fingerprint density at radius 1 is 1.24 bits per heavy atom. The number of fused-ring (bicyclic) bond motifs is 1. The molecule has 2 atom stereocenters. The number of rotatable bonds is 10. The Bertz CT molecular complexity index is 1290. The highest BCUT2D eigenvalue weighted by atomic mass is 19.3. The smallest absolute Gasteiger partial charge is 0.304 e. The SMILES string of the molecule is CC#CC(CC(=O)O)c1ccc(OC(CC(C)C)c2ccc3c(CN4CCC(F)(F)C4)c[nH]c3n2)cc1. The number of pyridine rings is 1. The van der Waals surface area contributed by atoms with Gasteiger partial charge in [-0.05, 0) is 54.7 Å². The van der Waals surface area contributed by atoms with Crippen LogP contribution in [-0.2, 0) is 11.3 Å². The first-order valence-electron chi connectivity index (χ1n) is 12.6. The summed E-state index contributed by atoms with van der Waals surface area (Å²) in [4.78, 5) is 21.0. The largest absolute Gasteiger partial charge is 0.484 e. The van der Waals surface area contributed by atoms with Crippen molar-refractivity contribution in [1.82, 2.24) is 14.9 Å². The molecule has 0 bridgehead atoms. The van der Waals surface area contributed by atoms with Crippen molar-refractivity contribution in [3.05, 3.63) is 59.4 Å². The molecule has 37 heavy (non-hydrogen) atoms. The summed E-state index contributed by atoms with van der Waals surface area (Å²) in [6.07, 6.45) is 2.16. The van der Waals surface area contributed by atoms with Crippen LogP contribution in [0.2, 0.25) is 0 Å². The average Bonchev–Trinajstić information content (AvgIpc) is 3.40. The normalized spacial score (nSPS) is 16.9. The quantitative estimate of drug-likeness (QED) is 0.321. The molecule has 0 saturated carbocycles. The van der Waals surface area contributed by atoms with E-state index in [-0.39, 0.29) is 31.4 Å². The molecular formula is C29H33F2N3O3. The van der Waals surface area contributed by atoms with Gasteiger partial charge in [0.15, 0.2) is 0 Å². The zero-order chi connectivity index (χ0) is 26.6. The number of carboxylic acids is 1. The predicted molar refractivity (Wildman–Crippen MR) is 139 cm³/mol. The van der Waals surface area contributed by atoms with Crippen molar-refractivity contribution in [2.45, 2.75) is 64.5 Å². The Morgan fingerprint density at radius 2 is 2.00 bits per heavy atom. The predicted octanol–water partition coefficient (Wildman–Crippen LogP) is 6.15. The number of alkyl halides is 2. The van der Waals surface area contributed by atoms with Gasteiger partial charge in [0.25, 0.3) is 5.92 Å². The van der Waals surface area contributed by atoms with E-state index < -0.39 is 11.9 Å². The van der Waals surface area contributed by atoms with Crippen LogP contribution in [0.4, 0.5) is 8.78 Å². The van der Waals surface area contributed by atoms with E-state index in [1.807, 2.05) is 42.6 Å². The lowest BCUT2D eigenvalue weighted by Gasteiger charge is -2.21. The van der Waals surface area contributed by atoms with Gasteiger partial charge in [-0.15, -0.1) is 5.92 Å². The summed E-state index contributed by atoms with van der Waals surface area (Å²) in [6.45, 7) is 6.57. The summed E-state index contributed by atoms with van der Waals surface area (Å²) in [7, 11) is 0. The Kier molecular flexibility index (Phi) is 8.13. The second-order valence-electron chi connectivity index (χ2n) is 10.1. The zero-order valence-corrected chi connectivity index (χ0v) is 21.4. The summed E-state index contributed by atoms with van der Waals surface area (Å²) in [6, 6.07) is 11.3. The van der Waals surface area contributed by atoms with E-state index in [0.717, 1.165) is 28.6 Å². The maximum absolute atomic E-state index is 13.6. The standard InChI is InChI=1S/C29H33F2N3O3/c1-4-5-21(15-27(35)36)20-6-8-23(9-7-20)37-26(14-19(2)3)25-11-10-24-22(16-32-28(24)33-25)17-34-13-12-29(30,31)18-34/h6-11,16,19,21,26H,12-15,17-18H2,1-3H3,(H,32,33)(H,35,36). The third-order valence-corrected chi connectivity index (χ3v) is 6.56. The number of aromatic nitrogens is 2. The van der Waals surface area contributed by atoms with E-state index >= 15 is 0 Å². The molecule has 2 N–H and O–H groups in total. The monoisotopic (exact) mass is 509 g/mol. The molecule has 4 rings (SSSR count). The highest BCUT2D eigenvalue weighted by molar-refractivity contribution is 5.79. The van der Waals surface area contributed by atoms with Gasteiger partial charge in [0.1, 0.15) is 17.5 Å². The number of benzene rings is 1. The molecule has 1 fully saturated rings. The molecule has 2 unspecified atom stereocenters. The minimum absolute atomic E-state index is 0.0563. The fraction of sp³-hybridized carbons (Fsp3) is 0.448. The van der Waals surface area contributed by atoms with Crippen LogP contribution in [0.1, 0.15) is 68.9 Å². The molecule has 6 nitrogen and oxygen atoms in total. The molecule has 0 radical (unpaired) electrons. The number of likely N-dealkylation sites (tertiary alicyclic amines) is 1. The van der Waals surface area contributed by atoms with E-state index in [1.54, 1.807) is 11.8 Å². The number of H-pyrrole nitrogens is 1. The van der Waals surface area contributed by atoms with E-state index in [2.05, 4.69) is 30.7 Å².